The number of nitrogens with one attached hydrogen (secondary N) is 1. The number of carbonyl (C=O) groups is 2. The molecule has 0 heterocycles. The number of esters is 1. The van der Waals surface area contributed by atoms with Gasteiger partial charge in [-0.2, -0.15) is 0 Å². The lowest BCUT2D eigenvalue weighted by atomic mass is 9.73. The highest BCUT2D eigenvalue weighted by Crippen LogP contribution is 2.39. The van der Waals surface area contributed by atoms with Crippen molar-refractivity contribution in [3.63, 3.8) is 0 Å². The van der Waals surface area contributed by atoms with E-state index >= 15 is 0 Å². The summed E-state index contributed by atoms with van der Waals surface area (Å²) in [7, 11) is 1.30. The van der Waals surface area contributed by atoms with Crippen LogP contribution >= 0.6 is 15.9 Å². The molecule has 5 nitrogen and oxygen atoms in total. The maximum absolute atomic E-state index is 11.7. The Labute approximate surface area is 115 Å². The largest absolute Gasteiger partial charge is 0.467 e. The van der Waals surface area contributed by atoms with Gasteiger partial charge in [-0.3, -0.25) is 0 Å². The second-order valence-electron chi connectivity index (χ2n) is 5.32. The van der Waals surface area contributed by atoms with Crippen LogP contribution in [0.2, 0.25) is 0 Å². The van der Waals surface area contributed by atoms with Gasteiger partial charge in [-0.25, -0.2) is 9.59 Å². The molecule has 1 amide bonds. The van der Waals surface area contributed by atoms with E-state index in [1.165, 1.54) is 7.11 Å². The summed E-state index contributed by atoms with van der Waals surface area (Å²) in [6, 6.07) is 0. The molecule has 0 saturated heterocycles. The van der Waals surface area contributed by atoms with Gasteiger partial charge < -0.3 is 14.8 Å². The molecule has 0 aromatic rings. The number of halogens is 1. The average molecular weight is 320 g/mol. The SMILES string of the molecule is COC(=O)C1(NC(=O)OC(C)(C)C)CC(=CBr)C1. The van der Waals surface area contributed by atoms with Crippen molar-refractivity contribution in [1.82, 2.24) is 5.32 Å². The molecule has 0 aromatic carbocycles. The highest BCUT2D eigenvalue weighted by atomic mass is 79.9. The van der Waals surface area contributed by atoms with Crippen molar-refractivity contribution in [3.05, 3.63) is 10.6 Å². The third-order valence-corrected chi connectivity index (χ3v) is 3.18. The fraction of sp³-hybridized carbons (Fsp3) is 0.667. The number of rotatable bonds is 2. The molecular formula is C12H18BrNO4. The van der Waals surface area contributed by atoms with Crippen LogP contribution in [-0.2, 0) is 14.3 Å². The smallest absolute Gasteiger partial charge is 0.408 e. The second kappa shape index (κ2) is 5.30. The second-order valence-corrected chi connectivity index (χ2v) is 5.78. The summed E-state index contributed by atoms with van der Waals surface area (Å²) < 4.78 is 9.87. The van der Waals surface area contributed by atoms with Gasteiger partial charge in [0.25, 0.3) is 0 Å². The van der Waals surface area contributed by atoms with Crippen molar-refractivity contribution in [2.24, 2.45) is 0 Å². The first-order valence-electron chi connectivity index (χ1n) is 5.60. The highest BCUT2D eigenvalue weighted by Gasteiger charge is 2.50. The minimum atomic E-state index is -0.989. The molecule has 0 bridgehead atoms. The Kier molecular flexibility index (Phi) is 4.42. The number of alkyl carbamates (subject to hydrolysis) is 1. The summed E-state index contributed by atoms with van der Waals surface area (Å²) in [5, 5.41) is 2.60. The maximum Gasteiger partial charge on any atom is 0.408 e. The summed E-state index contributed by atoms with van der Waals surface area (Å²) in [5.74, 6) is -0.452. The normalized spacial score (nSPS) is 22.8. The maximum atomic E-state index is 11.7. The molecular weight excluding hydrogens is 302 g/mol. The fourth-order valence-corrected chi connectivity index (χ4v) is 2.10. The minimum Gasteiger partial charge on any atom is -0.467 e. The Balaban J connectivity index is 2.71. The van der Waals surface area contributed by atoms with Gasteiger partial charge in [0.05, 0.1) is 7.11 Å². The first-order valence-corrected chi connectivity index (χ1v) is 6.52. The standard InChI is InChI=1S/C12H18BrNO4/c1-11(2,3)18-10(16)14-12(9(15)17-4)5-8(6-12)7-13/h7H,5-6H2,1-4H3,(H,14,16). The zero-order valence-corrected chi connectivity index (χ0v) is 12.6. The van der Waals surface area contributed by atoms with E-state index in [2.05, 4.69) is 21.2 Å². The van der Waals surface area contributed by atoms with Crippen molar-refractivity contribution in [2.45, 2.75) is 44.8 Å². The van der Waals surface area contributed by atoms with Gasteiger partial charge in [-0.15, -0.1) is 0 Å². The summed E-state index contributed by atoms with van der Waals surface area (Å²) in [5.41, 5.74) is -0.549. The lowest BCUT2D eigenvalue weighted by Crippen LogP contribution is -2.61. The molecule has 1 rings (SSSR count). The molecule has 0 radical (unpaired) electrons. The van der Waals surface area contributed by atoms with Crippen LogP contribution in [-0.4, -0.2) is 30.3 Å². The predicted molar refractivity (Wildman–Crippen MR) is 70.4 cm³/mol. The van der Waals surface area contributed by atoms with Crippen LogP contribution in [0.5, 0.6) is 0 Å². The van der Waals surface area contributed by atoms with Gasteiger partial charge in [0.1, 0.15) is 11.1 Å². The zero-order chi connectivity index (χ0) is 14.0. The number of methoxy groups -OCH3 is 1. The van der Waals surface area contributed by atoms with Gasteiger partial charge >= 0.3 is 12.1 Å². The fourth-order valence-electron chi connectivity index (χ4n) is 1.78. The summed E-state index contributed by atoms with van der Waals surface area (Å²) in [4.78, 5) is 25.2. The van der Waals surface area contributed by atoms with E-state index in [0.29, 0.717) is 12.8 Å². The molecule has 0 aromatic heterocycles. The van der Waals surface area contributed by atoms with Crippen LogP contribution in [0.4, 0.5) is 4.79 Å². The van der Waals surface area contributed by atoms with Crippen LogP contribution in [0.15, 0.2) is 10.6 Å². The quantitative estimate of drug-likeness (QED) is 0.794. The van der Waals surface area contributed by atoms with Crippen LogP contribution in [0, 0.1) is 0 Å². The third kappa shape index (κ3) is 3.48. The molecule has 0 atom stereocenters. The van der Waals surface area contributed by atoms with Crippen molar-refractivity contribution in [2.75, 3.05) is 7.11 Å². The zero-order valence-electron chi connectivity index (χ0n) is 11.0. The van der Waals surface area contributed by atoms with Gasteiger partial charge in [-0.1, -0.05) is 21.5 Å². The van der Waals surface area contributed by atoms with Crippen LogP contribution in [0.25, 0.3) is 0 Å². The van der Waals surface area contributed by atoms with Crippen molar-refractivity contribution >= 4 is 28.0 Å². The first kappa shape index (κ1) is 15.0. The predicted octanol–water partition coefficient (Wildman–Crippen LogP) is 2.50. The Morgan fingerprint density at radius 3 is 2.33 bits per heavy atom. The minimum absolute atomic E-state index is 0.435. The molecule has 1 aliphatic rings. The topological polar surface area (TPSA) is 64.6 Å². The van der Waals surface area contributed by atoms with Crippen molar-refractivity contribution < 1.29 is 19.1 Å². The Hall–Kier alpha value is -1.04. The lowest BCUT2D eigenvalue weighted by molar-refractivity contribution is -0.150. The monoisotopic (exact) mass is 319 g/mol. The number of hydrogen-bond donors (Lipinski definition) is 1. The summed E-state index contributed by atoms with van der Waals surface area (Å²) in [6.07, 6.45) is 0.260. The Morgan fingerprint density at radius 1 is 1.39 bits per heavy atom. The molecule has 1 aliphatic carbocycles. The average Bonchev–Trinajstić information content (AvgIpc) is 2.18. The number of ether oxygens (including phenoxy) is 2. The molecule has 1 fully saturated rings. The molecule has 1 saturated carbocycles. The molecule has 18 heavy (non-hydrogen) atoms. The van der Waals surface area contributed by atoms with E-state index in [4.69, 9.17) is 9.47 Å². The van der Waals surface area contributed by atoms with E-state index < -0.39 is 23.2 Å². The van der Waals surface area contributed by atoms with Gasteiger partial charge in [0, 0.05) is 12.8 Å². The van der Waals surface area contributed by atoms with E-state index in [-0.39, 0.29) is 0 Å². The van der Waals surface area contributed by atoms with Crippen LogP contribution < -0.4 is 5.32 Å². The van der Waals surface area contributed by atoms with Gasteiger partial charge in [-0.05, 0) is 25.8 Å². The van der Waals surface area contributed by atoms with E-state index in [1.807, 2.05) is 0 Å². The molecule has 102 valence electrons. The van der Waals surface area contributed by atoms with Crippen LogP contribution in [0.3, 0.4) is 0 Å². The molecule has 6 heteroatoms. The number of hydrogen-bond acceptors (Lipinski definition) is 4. The van der Waals surface area contributed by atoms with Gasteiger partial charge in [0.2, 0.25) is 0 Å². The molecule has 0 unspecified atom stereocenters. The molecule has 0 spiro atoms. The third-order valence-electron chi connectivity index (χ3n) is 2.53. The molecule has 1 N–H and O–H groups in total. The summed E-state index contributed by atoms with van der Waals surface area (Å²) in [6.45, 7) is 5.30. The Morgan fingerprint density at radius 2 is 1.94 bits per heavy atom. The number of amides is 1. The molecule has 0 aliphatic heterocycles. The van der Waals surface area contributed by atoms with Gasteiger partial charge in [0.15, 0.2) is 0 Å². The van der Waals surface area contributed by atoms with Crippen molar-refractivity contribution in [1.29, 1.82) is 0 Å². The highest BCUT2D eigenvalue weighted by molar-refractivity contribution is 9.11. The van der Waals surface area contributed by atoms with Crippen LogP contribution in [0.1, 0.15) is 33.6 Å². The van der Waals surface area contributed by atoms with E-state index in [9.17, 15) is 9.59 Å². The van der Waals surface area contributed by atoms with E-state index in [1.54, 1.807) is 25.8 Å². The lowest BCUT2D eigenvalue weighted by Gasteiger charge is -2.41. The van der Waals surface area contributed by atoms with Crippen molar-refractivity contribution in [3.8, 4) is 0 Å². The summed E-state index contributed by atoms with van der Waals surface area (Å²) >= 11 is 3.21. The number of carbonyl (C=O) groups excluding carboxylic acids is 2. The Bertz CT molecular complexity index is 376. The van der Waals surface area contributed by atoms with E-state index in [0.717, 1.165) is 5.57 Å². The first-order chi connectivity index (χ1) is 8.22.